The molecule has 5 heteroatoms. The molecule has 0 unspecified atom stereocenters. The normalized spacial score (nSPS) is 12.3. The van der Waals surface area contributed by atoms with Gasteiger partial charge in [-0.1, -0.05) is 84.4 Å². The number of hydrogen-bond donors (Lipinski definition) is 1. The van der Waals surface area contributed by atoms with E-state index in [1.54, 1.807) is 0 Å². The number of aliphatic carboxylic acids is 1. The fraction of sp³-hybridized carbons (Fsp3) is 0.172. The number of carboxylic acids is 1. The van der Waals surface area contributed by atoms with E-state index in [9.17, 15) is 9.59 Å². The number of allylic oxidation sites excluding steroid dienone is 1. The van der Waals surface area contributed by atoms with Gasteiger partial charge in [0.1, 0.15) is 0 Å². The summed E-state index contributed by atoms with van der Waals surface area (Å²) in [7, 11) is 0. The van der Waals surface area contributed by atoms with Gasteiger partial charge in [-0.2, -0.15) is 0 Å². The van der Waals surface area contributed by atoms with E-state index in [1.165, 1.54) is 6.92 Å². The number of carboxylic acid groups (broad SMARTS) is 1. The maximum Gasteiger partial charge on any atom is 0.332 e. The van der Waals surface area contributed by atoms with Gasteiger partial charge in [-0.25, -0.2) is 4.79 Å². The lowest BCUT2D eigenvalue weighted by Crippen LogP contribution is -2.19. The van der Waals surface area contributed by atoms with Gasteiger partial charge in [-0.15, -0.1) is 0 Å². The van der Waals surface area contributed by atoms with Gasteiger partial charge in [0.25, 0.3) is 0 Å². The maximum absolute atomic E-state index is 13.2. The molecule has 1 N–H and O–H groups in total. The van der Waals surface area contributed by atoms with Crippen molar-refractivity contribution in [2.24, 2.45) is 0 Å². The van der Waals surface area contributed by atoms with Crippen LogP contribution in [0.1, 0.15) is 39.5 Å². The lowest BCUT2D eigenvalue weighted by atomic mass is 10.0. The lowest BCUT2D eigenvalue weighted by Gasteiger charge is -2.08. The summed E-state index contributed by atoms with van der Waals surface area (Å²) < 4.78 is 7.41. The van der Waals surface area contributed by atoms with E-state index in [1.807, 2.05) is 92.0 Å². The molecular formula is C29H27NO4. The molecule has 172 valence electrons. The standard InChI is InChI=1S/C29H27NO4/c1-20-9-15-24(16-10-20)28(31)26-18-30(27-8-4-3-7-25(26)27)17-5-6-22-11-13-23(14-12-22)19-34-21(2)29(32)33/h3-16,18,21H,17,19H2,1-2H3,(H,32,33)/t21-/m1/s1. The maximum atomic E-state index is 13.2. The zero-order chi connectivity index (χ0) is 24.1. The van der Waals surface area contributed by atoms with E-state index in [0.717, 1.165) is 27.6 Å². The smallest absolute Gasteiger partial charge is 0.332 e. The lowest BCUT2D eigenvalue weighted by molar-refractivity contribution is -0.149. The Morgan fingerprint density at radius 1 is 1.00 bits per heavy atom. The van der Waals surface area contributed by atoms with Crippen molar-refractivity contribution >= 4 is 28.7 Å². The van der Waals surface area contributed by atoms with Gasteiger partial charge in [-0.3, -0.25) is 4.79 Å². The Morgan fingerprint density at radius 2 is 1.71 bits per heavy atom. The highest BCUT2D eigenvalue weighted by atomic mass is 16.5. The molecule has 0 radical (unpaired) electrons. The minimum atomic E-state index is -0.971. The number of fused-ring (bicyclic) bond motifs is 1. The zero-order valence-electron chi connectivity index (χ0n) is 19.3. The number of carbonyl (C=O) groups excluding carboxylic acids is 1. The predicted octanol–water partition coefficient (Wildman–Crippen LogP) is 5.88. The Morgan fingerprint density at radius 3 is 2.41 bits per heavy atom. The number of hydrogen-bond acceptors (Lipinski definition) is 3. The summed E-state index contributed by atoms with van der Waals surface area (Å²) in [4.78, 5) is 24.0. The van der Waals surface area contributed by atoms with Crippen LogP contribution in [0.25, 0.3) is 17.0 Å². The summed E-state index contributed by atoms with van der Waals surface area (Å²) in [6.07, 6.45) is 5.19. The zero-order valence-corrected chi connectivity index (χ0v) is 19.3. The first-order valence-corrected chi connectivity index (χ1v) is 11.2. The average molecular weight is 454 g/mol. The molecule has 0 bridgehead atoms. The highest BCUT2D eigenvalue weighted by Gasteiger charge is 2.16. The van der Waals surface area contributed by atoms with Gasteiger partial charge in [0.2, 0.25) is 0 Å². The van der Waals surface area contributed by atoms with Crippen LogP contribution in [-0.2, 0) is 22.7 Å². The van der Waals surface area contributed by atoms with E-state index in [-0.39, 0.29) is 12.4 Å². The molecule has 34 heavy (non-hydrogen) atoms. The summed E-state index contributed by atoms with van der Waals surface area (Å²) in [5.74, 6) is -0.949. The third-order valence-electron chi connectivity index (χ3n) is 5.79. The van der Waals surface area contributed by atoms with Crippen LogP contribution in [0.3, 0.4) is 0 Å². The van der Waals surface area contributed by atoms with Crippen molar-refractivity contribution in [3.8, 4) is 0 Å². The number of ketones is 1. The minimum absolute atomic E-state index is 0.0222. The van der Waals surface area contributed by atoms with Gasteiger partial charge < -0.3 is 14.4 Å². The predicted molar refractivity (Wildman–Crippen MR) is 134 cm³/mol. The molecule has 1 aromatic heterocycles. The first-order valence-electron chi connectivity index (χ1n) is 11.2. The Kier molecular flexibility index (Phi) is 7.04. The van der Waals surface area contributed by atoms with E-state index in [0.29, 0.717) is 17.7 Å². The van der Waals surface area contributed by atoms with Crippen LogP contribution in [0.5, 0.6) is 0 Å². The number of ether oxygens (including phenoxy) is 1. The molecule has 4 rings (SSSR count). The number of nitrogens with zero attached hydrogens (tertiary/aromatic N) is 1. The van der Waals surface area contributed by atoms with Crippen LogP contribution >= 0.6 is 0 Å². The summed E-state index contributed by atoms with van der Waals surface area (Å²) >= 11 is 0. The Labute approximate surface area is 198 Å². The van der Waals surface area contributed by atoms with E-state index in [2.05, 4.69) is 10.6 Å². The molecule has 0 aliphatic heterocycles. The molecule has 0 spiro atoms. The molecular weight excluding hydrogens is 426 g/mol. The molecule has 1 atom stereocenters. The van der Waals surface area contributed by atoms with Crippen LogP contribution in [0.15, 0.2) is 85.1 Å². The minimum Gasteiger partial charge on any atom is -0.479 e. The Balaban J connectivity index is 1.48. The average Bonchev–Trinajstić information content (AvgIpc) is 3.22. The van der Waals surface area contributed by atoms with E-state index >= 15 is 0 Å². The summed E-state index contributed by atoms with van der Waals surface area (Å²) in [5.41, 5.74) is 5.48. The van der Waals surface area contributed by atoms with Gasteiger partial charge >= 0.3 is 5.97 Å². The second-order valence-electron chi connectivity index (χ2n) is 8.34. The van der Waals surface area contributed by atoms with Crippen molar-refractivity contribution in [3.63, 3.8) is 0 Å². The largest absolute Gasteiger partial charge is 0.479 e. The van der Waals surface area contributed by atoms with Crippen molar-refractivity contribution in [3.05, 3.63) is 113 Å². The molecule has 0 saturated heterocycles. The fourth-order valence-corrected chi connectivity index (χ4v) is 3.76. The van der Waals surface area contributed by atoms with Crippen LogP contribution in [0, 0.1) is 6.92 Å². The van der Waals surface area contributed by atoms with Gasteiger partial charge in [0.15, 0.2) is 11.9 Å². The quantitative estimate of drug-likeness (QED) is 0.321. The molecule has 5 nitrogen and oxygen atoms in total. The van der Waals surface area contributed by atoms with Gasteiger partial charge in [0, 0.05) is 34.8 Å². The van der Waals surface area contributed by atoms with Crippen molar-refractivity contribution in [1.29, 1.82) is 0 Å². The summed E-state index contributed by atoms with van der Waals surface area (Å²) in [6.45, 7) is 4.41. The second-order valence-corrected chi connectivity index (χ2v) is 8.34. The van der Waals surface area contributed by atoms with Crippen molar-refractivity contribution < 1.29 is 19.4 Å². The van der Waals surface area contributed by atoms with E-state index in [4.69, 9.17) is 9.84 Å². The molecule has 4 aromatic rings. The first-order chi connectivity index (χ1) is 16.4. The van der Waals surface area contributed by atoms with Crippen LogP contribution in [-0.4, -0.2) is 27.5 Å². The third-order valence-corrected chi connectivity index (χ3v) is 5.79. The third kappa shape index (κ3) is 5.33. The Bertz CT molecular complexity index is 1330. The second kappa shape index (κ2) is 10.3. The molecule has 3 aromatic carbocycles. The topological polar surface area (TPSA) is 68.5 Å². The highest BCUT2D eigenvalue weighted by molar-refractivity contribution is 6.16. The molecule has 0 amide bonds. The Hall–Kier alpha value is -3.96. The molecule has 0 fully saturated rings. The van der Waals surface area contributed by atoms with Crippen molar-refractivity contribution in [2.45, 2.75) is 33.1 Å². The van der Waals surface area contributed by atoms with Crippen molar-refractivity contribution in [1.82, 2.24) is 4.57 Å². The summed E-state index contributed by atoms with van der Waals surface area (Å²) in [5, 5.41) is 9.85. The van der Waals surface area contributed by atoms with Crippen LogP contribution in [0.4, 0.5) is 0 Å². The van der Waals surface area contributed by atoms with Gasteiger partial charge in [0.05, 0.1) is 6.61 Å². The summed E-state index contributed by atoms with van der Waals surface area (Å²) in [6, 6.07) is 23.4. The first kappa shape index (κ1) is 23.2. The highest BCUT2D eigenvalue weighted by Crippen LogP contribution is 2.24. The fourth-order valence-electron chi connectivity index (χ4n) is 3.76. The van der Waals surface area contributed by atoms with Gasteiger partial charge in [-0.05, 0) is 31.0 Å². The number of rotatable bonds is 9. The number of aromatic nitrogens is 1. The molecule has 0 saturated carbocycles. The number of carbonyl (C=O) groups is 2. The SMILES string of the molecule is Cc1ccc(C(=O)c2cn(CC=Cc3ccc(CO[C@H](C)C(=O)O)cc3)c3ccccc23)cc1. The molecule has 0 aliphatic rings. The number of para-hydroxylation sites is 1. The molecule has 1 heterocycles. The van der Waals surface area contributed by atoms with Crippen LogP contribution < -0.4 is 0 Å². The number of benzene rings is 3. The van der Waals surface area contributed by atoms with Crippen molar-refractivity contribution in [2.75, 3.05) is 0 Å². The number of aryl methyl sites for hydroxylation is 1. The molecule has 0 aliphatic carbocycles. The van der Waals surface area contributed by atoms with Crippen LogP contribution in [0.2, 0.25) is 0 Å². The monoisotopic (exact) mass is 453 g/mol. The van der Waals surface area contributed by atoms with E-state index < -0.39 is 12.1 Å².